The minimum Gasteiger partial charge on any atom is -0.313 e. The van der Waals surface area contributed by atoms with Crippen molar-refractivity contribution in [3.63, 3.8) is 0 Å². The number of halogens is 2. The van der Waals surface area contributed by atoms with Crippen molar-refractivity contribution in [2.75, 3.05) is 20.6 Å². The van der Waals surface area contributed by atoms with Crippen molar-refractivity contribution in [2.45, 2.75) is 25.4 Å². The first-order chi connectivity index (χ1) is 4.22. The van der Waals surface area contributed by atoms with Crippen molar-refractivity contribution in [3.05, 3.63) is 0 Å². The smallest absolute Gasteiger partial charge is 0.0252 e. The standard InChI is InChI=1S/C7H16N2.2ClH/c1-6-7(9(2)3)4-5-8-6;;/h6-8H,4-5H2,1-3H3;2*1H. The van der Waals surface area contributed by atoms with E-state index >= 15 is 0 Å². The summed E-state index contributed by atoms with van der Waals surface area (Å²) in [7, 11) is 4.29. The summed E-state index contributed by atoms with van der Waals surface area (Å²) in [5, 5.41) is 3.41. The second-order valence-corrected chi connectivity index (χ2v) is 3.06. The summed E-state index contributed by atoms with van der Waals surface area (Å²) < 4.78 is 0. The number of likely N-dealkylation sites (N-methyl/N-ethyl adjacent to an activating group) is 1. The van der Waals surface area contributed by atoms with Gasteiger partial charge in [0.05, 0.1) is 0 Å². The highest BCUT2D eigenvalue weighted by Gasteiger charge is 2.23. The number of hydrogen-bond acceptors (Lipinski definition) is 2. The van der Waals surface area contributed by atoms with E-state index < -0.39 is 0 Å². The fourth-order valence-electron chi connectivity index (χ4n) is 1.55. The summed E-state index contributed by atoms with van der Waals surface area (Å²) in [5.74, 6) is 0. The van der Waals surface area contributed by atoms with Gasteiger partial charge in [0.25, 0.3) is 0 Å². The average Bonchev–Trinajstić information content (AvgIpc) is 2.13. The van der Waals surface area contributed by atoms with Crippen molar-refractivity contribution < 1.29 is 0 Å². The molecule has 0 spiro atoms. The van der Waals surface area contributed by atoms with Crippen molar-refractivity contribution in [1.29, 1.82) is 0 Å². The molecule has 0 aromatic carbocycles. The maximum atomic E-state index is 3.41. The molecule has 4 heteroatoms. The molecule has 1 heterocycles. The number of rotatable bonds is 1. The number of nitrogens with one attached hydrogen (secondary N) is 1. The molecule has 70 valence electrons. The van der Waals surface area contributed by atoms with Gasteiger partial charge in [-0.2, -0.15) is 0 Å². The lowest BCUT2D eigenvalue weighted by Gasteiger charge is -2.22. The molecule has 0 aromatic heterocycles. The third-order valence-electron chi connectivity index (χ3n) is 2.15. The molecule has 1 fully saturated rings. The van der Waals surface area contributed by atoms with Gasteiger partial charge in [0, 0.05) is 12.1 Å². The van der Waals surface area contributed by atoms with Crippen LogP contribution in [0.25, 0.3) is 0 Å². The van der Waals surface area contributed by atoms with Crippen LogP contribution in [0.5, 0.6) is 0 Å². The SMILES string of the molecule is CC1NCCC1N(C)C.Cl.Cl. The van der Waals surface area contributed by atoms with Gasteiger partial charge in [-0.05, 0) is 34.0 Å². The highest BCUT2D eigenvalue weighted by atomic mass is 35.5. The van der Waals surface area contributed by atoms with Gasteiger partial charge in [-0.15, -0.1) is 24.8 Å². The second kappa shape index (κ2) is 6.06. The third kappa shape index (κ3) is 3.61. The Hall–Kier alpha value is 0.500. The van der Waals surface area contributed by atoms with Crippen LogP contribution in [0.4, 0.5) is 0 Å². The first-order valence-electron chi connectivity index (χ1n) is 3.61. The Kier molecular flexibility index (Phi) is 7.75. The molecule has 11 heavy (non-hydrogen) atoms. The molecule has 0 radical (unpaired) electrons. The maximum absolute atomic E-state index is 3.41. The van der Waals surface area contributed by atoms with Crippen molar-refractivity contribution >= 4 is 24.8 Å². The van der Waals surface area contributed by atoms with Crippen LogP contribution in [0.1, 0.15) is 13.3 Å². The molecule has 1 saturated heterocycles. The quantitative estimate of drug-likeness (QED) is 0.684. The average molecular weight is 201 g/mol. The molecular weight excluding hydrogens is 183 g/mol. The van der Waals surface area contributed by atoms with Gasteiger partial charge < -0.3 is 10.2 Å². The fraction of sp³-hybridized carbons (Fsp3) is 1.00. The lowest BCUT2D eigenvalue weighted by molar-refractivity contribution is 0.277. The van der Waals surface area contributed by atoms with Gasteiger partial charge in [0.15, 0.2) is 0 Å². The van der Waals surface area contributed by atoms with Crippen LogP contribution >= 0.6 is 24.8 Å². The van der Waals surface area contributed by atoms with Crippen molar-refractivity contribution in [2.24, 2.45) is 0 Å². The topological polar surface area (TPSA) is 15.3 Å². The van der Waals surface area contributed by atoms with Crippen molar-refractivity contribution in [1.82, 2.24) is 10.2 Å². The van der Waals surface area contributed by atoms with Crippen LogP contribution in [-0.2, 0) is 0 Å². The molecule has 1 rings (SSSR count). The van der Waals surface area contributed by atoms with Crippen LogP contribution in [-0.4, -0.2) is 37.6 Å². The van der Waals surface area contributed by atoms with Crippen molar-refractivity contribution in [3.8, 4) is 0 Å². The van der Waals surface area contributed by atoms with Crippen LogP contribution in [0.15, 0.2) is 0 Å². The van der Waals surface area contributed by atoms with E-state index in [4.69, 9.17) is 0 Å². The van der Waals surface area contributed by atoms with Crippen LogP contribution < -0.4 is 5.32 Å². The summed E-state index contributed by atoms with van der Waals surface area (Å²) in [5.41, 5.74) is 0. The normalized spacial score (nSPS) is 29.5. The fourth-order valence-corrected chi connectivity index (χ4v) is 1.55. The summed E-state index contributed by atoms with van der Waals surface area (Å²) >= 11 is 0. The van der Waals surface area contributed by atoms with Gasteiger partial charge >= 0.3 is 0 Å². The van der Waals surface area contributed by atoms with Gasteiger partial charge in [-0.3, -0.25) is 0 Å². The highest BCUT2D eigenvalue weighted by Crippen LogP contribution is 2.10. The van der Waals surface area contributed by atoms with Gasteiger partial charge in [-0.25, -0.2) is 0 Å². The molecule has 0 aromatic rings. The maximum Gasteiger partial charge on any atom is 0.0252 e. The molecule has 2 nitrogen and oxygen atoms in total. The zero-order chi connectivity index (χ0) is 6.85. The number of hydrogen-bond donors (Lipinski definition) is 1. The van der Waals surface area contributed by atoms with Crippen LogP contribution in [0.2, 0.25) is 0 Å². The Morgan fingerprint density at radius 3 is 2.00 bits per heavy atom. The lowest BCUT2D eigenvalue weighted by atomic mass is 10.1. The Labute approximate surface area is 81.5 Å². The minimum atomic E-state index is 0. The molecule has 0 saturated carbocycles. The van der Waals surface area contributed by atoms with E-state index in [0.29, 0.717) is 6.04 Å². The van der Waals surface area contributed by atoms with E-state index in [1.54, 1.807) is 0 Å². The summed E-state index contributed by atoms with van der Waals surface area (Å²) in [4.78, 5) is 2.30. The van der Waals surface area contributed by atoms with Crippen LogP contribution in [0, 0.1) is 0 Å². The van der Waals surface area contributed by atoms with E-state index in [0.717, 1.165) is 6.04 Å². The van der Waals surface area contributed by atoms with Gasteiger partial charge in [0.2, 0.25) is 0 Å². The molecule has 0 amide bonds. The number of nitrogens with zero attached hydrogens (tertiary/aromatic N) is 1. The largest absolute Gasteiger partial charge is 0.313 e. The summed E-state index contributed by atoms with van der Waals surface area (Å²) in [6.07, 6.45) is 1.30. The molecule has 2 unspecified atom stereocenters. The molecular formula is C7H18Cl2N2. The Morgan fingerprint density at radius 1 is 1.27 bits per heavy atom. The van der Waals surface area contributed by atoms with E-state index in [1.807, 2.05) is 0 Å². The predicted octanol–water partition coefficient (Wildman–Crippen LogP) is 1.14. The molecule has 1 aliphatic rings. The second-order valence-electron chi connectivity index (χ2n) is 3.06. The lowest BCUT2D eigenvalue weighted by Crippen LogP contribution is -2.37. The summed E-state index contributed by atoms with van der Waals surface area (Å²) in [6, 6.07) is 1.44. The highest BCUT2D eigenvalue weighted by molar-refractivity contribution is 5.85. The third-order valence-corrected chi connectivity index (χ3v) is 2.15. The molecule has 0 aliphatic carbocycles. The summed E-state index contributed by atoms with van der Waals surface area (Å²) in [6.45, 7) is 3.43. The Bertz CT molecular complexity index is 98.4. The minimum absolute atomic E-state index is 0. The monoisotopic (exact) mass is 200 g/mol. The first-order valence-corrected chi connectivity index (χ1v) is 3.61. The zero-order valence-corrected chi connectivity index (χ0v) is 8.97. The Balaban J connectivity index is 0. The predicted molar refractivity (Wildman–Crippen MR) is 54.1 cm³/mol. The van der Waals surface area contributed by atoms with E-state index in [1.165, 1.54) is 13.0 Å². The van der Waals surface area contributed by atoms with Gasteiger partial charge in [0.1, 0.15) is 0 Å². The van der Waals surface area contributed by atoms with Gasteiger partial charge in [-0.1, -0.05) is 0 Å². The molecule has 1 N–H and O–H groups in total. The molecule has 0 bridgehead atoms. The van der Waals surface area contributed by atoms with E-state index in [-0.39, 0.29) is 24.8 Å². The zero-order valence-electron chi connectivity index (χ0n) is 7.33. The molecule has 2 atom stereocenters. The Morgan fingerprint density at radius 2 is 1.82 bits per heavy atom. The van der Waals surface area contributed by atoms with E-state index in [2.05, 4.69) is 31.2 Å². The first kappa shape index (κ1) is 14.0. The van der Waals surface area contributed by atoms with Crippen LogP contribution in [0.3, 0.4) is 0 Å². The van der Waals surface area contributed by atoms with E-state index in [9.17, 15) is 0 Å². The molecule has 1 aliphatic heterocycles.